The van der Waals surface area contributed by atoms with E-state index in [1.807, 2.05) is 39.9 Å². The van der Waals surface area contributed by atoms with E-state index in [0.29, 0.717) is 40.9 Å². The molecule has 34 heavy (non-hydrogen) atoms. The Morgan fingerprint density at radius 3 is 2.74 bits per heavy atom. The maximum Gasteiger partial charge on any atom is 0.272 e. The zero-order chi connectivity index (χ0) is 23.7. The van der Waals surface area contributed by atoms with E-state index in [1.54, 1.807) is 30.3 Å². The van der Waals surface area contributed by atoms with Gasteiger partial charge in [-0.2, -0.15) is 5.10 Å². The predicted octanol–water partition coefficient (Wildman–Crippen LogP) is 5.63. The molecule has 8 heteroatoms. The fourth-order valence-corrected chi connectivity index (χ4v) is 4.60. The molecule has 1 aromatic heterocycles. The van der Waals surface area contributed by atoms with Gasteiger partial charge in [0.2, 0.25) is 5.91 Å². The number of nitrogens with zero attached hydrogens (tertiary/aromatic N) is 4. The van der Waals surface area contributed by atoms with Gasteiger partial charge in [0.05, 0.1) is 24.0 Å². The Morgan fingerprint density at radius 2 is 1.94 bits per heavy atom. The number of carbonyl (C=O) groups is 2. The van der Waals surface area contributed by atoms with E-state index < -0.39 is 0 Å². The Bertz CT molecular complexity index is 1340. The van der Waals surface area contributed by atoms with Gasteiger partial charge in [0.25, 0.3) is 5.91 Å². The molecule has 1 N–H and O–H groups in total. The molecule has 3 aromatic rings. The molecule has 2 aliphatic rings. The minimum Gasteiger partial charge on any atom is -0.331 e. The second kappa shape index (κ2) is 9.16. The van der Waals surface area contributed by atoms with Crippen LogP contribution < -0.4 is 5.32 Å². The van der Waals surface area contributed by atoms with Crippen molar-refractivity contribution in [1.29, 1.82) is 0 Å². The number of amides is 2. The molecule has 0 aliphatic carbocycles. The lowest BCUT2D eigenvalue weighted by atomic mass is 10.0. The maximum absolute atomic E-state index is 13.4. The highest BCUT2D eigenvalue weighted by atomic mass is 35.5. The molecule has 2 bridgehead atoms. The summed E-state index contributed by atoms with van der Waals surface area (Å²) in [5.41, 5.74) is 3.99. The molecule has 1 unspecified atom stereocenters. The van der Waals surface area contributed by atoms with Crippen LogP contribution in [0.3, 0.4) is 0 Å². The summed E-state index contributed by atoms with van der Waals surface area (Å²) in [4.78, 5) is 31.1. The Labute approximate surface area is 202 Å². The Kier molecular flexibility index (Phi) is 5.91. The van der Waals surface area contributed by atoms with Gasteiger partial charge in [0.15, 0.2) is 5.69 Å². The van der Waals surface area contributed by atoms with Crippen LogP contribution in [-0.4, -0.2) is 33.0 Å². The molecule has 0 saturated carbocycles. The van der Waals surface area contributed by atoms with E-state index >= 15 is 0 Å². The minimum absolute atomic E-state index is 0.00813. The standard InChI is InChI=1S/C26H22ClN5O2/c1-28-19-10-7-17(8-11-19)15-31-16-20-5-3-2-4-6-25(33)29-22-13-18(27)9-12-21(22)23-14-24(26(31)34)32(20)30-23/h2,4,7-14,20H,3,5-6,15-16H2,(H,29,33)/b4-2-. The lowest BCUT2D eigenvalue weighted by Crippen LogP contribution is -2.42. The summed E-state index contributed by atoms with van der Waals surface area (Å²) >= 11 is 6.20. The molecule has 2 aliphatic heterocycles. The second-order valence-electron chi connectivity index (χ2n) is 8.47. The third-order valence-electron chi connectivity index (χ3n) is 6.13. The van der Waals surface area contributed by atoms with E-state index in [4.69, 9.17) is 23.3 Å². The maximum atomic E-state index is 13.4. The fraction of sp³-hybridized carbons (Fsp3) is 0.231. The highest BCUT2D eigenvalue weighted by Gasteiger charge is 2.33. The molecule has 0 fully saturated rings. The molecule has 0 spiro atoms. The first-order valence-corrected chi connectivity index (χ1v) is 11.5. The molecule has 0 saturated heterocycles. The number of rotatable bonds is 2. The van der Waals surface area contributed by atoms with Crippen molar-refractivity contribution in [2.45, 2.75) is 31.8 Å². The van der Waals surface area contributed by atoms with Crippen LogP contribution in [0.1, 0.15) is 41.4 Å². The summed E-state index contributed by atoms with van der Waals surface area (Å²) in [7, 11) is 0. The molecule has 170 valence electrons. The van der Waals surface area contributed by atoms with Gasteiger partial charge < -0.3 is 10.2 Å². The average molecular weight is 472 g/mol. The largest absolute Gasteiger partial charge is 0.331 e. The summed E-state index contributed by atoms with van der Waals surface area (Å²) in [5.74, 6) is -0.222. The number of carbonyl (C=O) groups excluding carboxylic acids is 2. The van der Waals surface area contributed by atoms with Gasteiger partial charge in [-0.25, -0.2) is 4.85 Å². The monoisotopic (exact) mass is 471 g/mol. The second-order valence-corrected chi connectivity index (χ2v) is 8.90. The van der Waals surface area contributed by atoms with Gasteiger partial charge >= 0.3 is 0 Å². The highest BCUT2D eigenvalue weighted by molar-refractivity contribution is 6.31. The van der Waals surface area contributed by atoms with Crippen molar-refractivity contribution in [2.75, 3.05) is 11.9 Å². The van der Waals surface area contributed by atoms with Crippen LogP contribution in [0.5, 0.6) is 0 Å². The average Bonchev–Trinajstić information content (AvgIpc) is 3.27. The van der Waals surface area contributed by atoms with Crippen LogP contribution in [-0.2, 0) is 11.3 Å². The number of allylic oxidation sites excluding steroid dienone is 1. The zero-order valence-electron chi connectivity index (χ0n) is 18.4. The van der Waals surface area contributed by atoms with Gasteiger partial charge in [-0.15, -0.1) is 0 Å². The highest BCUT2D eigenvalue weighted by Crippen LogP contribution is 2.34. The van der Waals surface area contributed by atoms with Crippen molar-refractivity contribution in [3.05, 3.63) is 88.4 Å². The summed E-state index contributed by atoms with van der Waals surface area (Å²) in [6.45, 7) is 8.13. The Balaban J connectivity index is 1.54. The van der Waals surface area contributed by atoms with E-state index in [1.165, 1.54) is 0 Å². The van der Waals surface area contributed by atoms with E-state index in [0.717, 1.165) is 24.0 Å². The summed E-state index contributed by atoms with van der Waals surface area (Å²) < 4.78 is 1.84. The first-order valence-electron chi connectivity index (χ1n) is 11.1. The van der Waals surface area contributed by atoms with Crippen LogP contribution in [0, 0.1) is 6.57 Å². The molecule has 3 heterocycles. The third-order valence-corrected chi connectivity index (χ3v) is 6.36. The van der Waals surface area contributed by atoms with Crippen molar-refractivity contribution in [2.24, 2.45) is 0 Å². The number of hydrogen-bond donors (Lipinski definition) is 1. The van der Waals surface area contributed by atoms with Crippen LogP contribution >= 0.6 is 11.6 Å². The smallest absolute Gasteiger partial charge is 0.272 e. The topological polar surface area (TPSA) is 71.6 Å². The number of hydrogen-bond acceptors (Lipinski definition) is 3. The summed E-state index contributed by atoms with van der Waals surface area (Å²) in [6, 6.07) is 14.4. The first kappa shape index (κ1) is 21.9. The third kappa shape index (κ3) is 4.33. The first-order chi connectivity index (χ1) is 16.5. The van der Waals surface area contributed by atoms with Crippen molar-refractivity contribution in [3.8, 4) is 11.3 Å². The molecular weight excluding hydrogens is 450 g/mol. The van der Waals surface area contributed by atoms with Gasteiger partial charge in [-0.1, -0.05) is 48.0 Å². The van der Waals surface area contributed by atoms with Crippen molar-refractivity contribution in [3.63, 3.8) is 0 Å². The van der Waals surface area contributed by atoms with Crippen LogP contribution in [0.2, 0.25) is 5.02 Å². The Morgan fingerprint density at radius 1 is 1.12 bits per heavy atom. The minimum atomic E-state index is -0.131. The molecular formula is C26H22ClN5O2. The lowest BCUT2D eigenvalue weighted by molar-refractivity contribution is -0.115. The number of anilines is 1. The van der Waals surface area contributed by atoms with Gasteiger partial charge in [-0.05, 0) is 42.7 Å². The summed E-state index contributed by atoms with van der Waals surface area (Å²) in [5, 5.41) is 8.24. The van der Waals surface area contributed by atoms with Gasteiger partial charge in [-0.3, -0.25) is 14.3 Å². The van der Waals surface area contributed by atoms with Crippen LogP contribution in [0.15, 0.2) is 60.7 Å². The fourth-order valence-electron chi connectivity index (χ4n) is 4.43. The molecule has 2 aromatic carbocycles. The normalized spacial score (nSPS) is 18.6. The van der Waals surface area contributed by atoms with E-state index in [9.17, 15) is 9.59 Å². The number of benzene rings is 2. The molecule has 1 atom stereocenters. The van der Waals surface area contributed by atoms with Crippen molar-refractivity contribution < 1.29 is 9.59 Å². The SMILES string of the molecule is [C-]#[N+]c1ccc(CN2CC3CC/C=C\CC(=O)Nc4cc(Cl)ccc4-c4cc(n3n4)C2=O)cc1. The number of fused-ring (bicyclic) bond motifs is 3. The molecule has 7 nitrogen and oxygen atoms in total. The van der Waals surface area contributed by atoms with Gasteiger partial charge in [0.1, 0.15) is 5.69 Å². The predicted molar refractivity (Wildman–Crippen MR) is 131 cm³/mol. The van der Waals surface area contributed by atoms with E-state index in [-0.39, 0.29) is 24.3 Å². The Hall–Kier alpha value is -3.89. The summed E-state index contributed by atoms with van der Waals surface area (Å²) in [6.07, 6.45) is 5.72. The zero-order valence-corrected chi connectivity index (χ0v) is 19.1. The number of nitrogens with one attached hydrogen (secondary N) is 1. The van der Waals surface area contributed by atoms with Crippen molar-refractivity contribution in [1.82, 2.24) is 14.7 Å². The number of halogens is 1. The molecule has 2 amide bonds. The van der Waals surface area contributed by atoms with Crippen LogP contribution in [0.4, 0.5) is 11.4 Å². The molecule has 0 radical (unpaired) electrons. The molecule has 5 rings (SSSR count). The lowest BCUT2D eigenvalue weighted by Gasteiger charge is -2.33. The van der Waals surface area contributed by atoms with Gasteiger partial charge in [0, 0.05) is 30.1 Å². The van der Waals surface area contributed by atoms with Crippen molar-refractivity contribution >= 4 is 34.8 Å². The quantitative estimate of drug-likeness (QED) is 0.389. The van der Waals surface area contributed by atoms with Crippen LogP contribution in [0.25, 0.3) is 16.1 Å². The number of aromatic nitrogens is 2. The van der Waals surface area contributed by atoms with E-state index in [2.05, 4.69) is 10.2 Å².